The molecular formula is C20H24N6O2. The van der Waals surface area contributed by atoms with Crippen LogP contribution in [0.1, 0.15) is 31.2 Å². The van der Waals surface area contributed by atoms with E-state index in [1.165, 1.54) is 21.9 Å². The summed E-state index contributed by atoms with van der Waals surface area (Å²) in [5, 5.41) is 7.23. The molecular weight excluding hydrogens is 356 g/mol. The number of fused-ring (bicyclic) bond motifs is 1. The van der Waals surface area contributed by atoms with E-state index in [-0.39, 0.29) is 18.1 Å². The molecule has 0 unspecified atom stereocenters. The number of aromatic nitrogens is 4. The topological polar surface area (TPSA) is 84.5 Å². The smallest absolute Gasteiger partial charge is 0.350 e. The number of nitrogens with one attached hydrogen (secondary N) is 1. The van der Waals surface area contributed by atoms with Gasteiger partial charge in [-0.3, -0.25) is 4.79 Å². The van der Waals surface area contributed by atoms with Crippen molar-refractivity contribution in [2.75, 3.05) is 23.3 Å². The molecule has 0 spiro atoms. The van der Waals surface area contributed by atoms with Crippen LogP contribution in [-0.2, 0) is 11.3 Å². The zero-order valence-corrected chi connectivity index (χ0v) is 16.0. The Balaban J connectivity index is 1.59. The summed E-state index contributed by atoms with van der Waals surface area (Å²) in [5.41, 5.74) is 1.91. The molecule has 2 aromatic heterocycles. The van der Waals surface area contributed by atoms with Gasteiger partial charge >= 0.3 is 5.69 Å². The van der Waals surface area contributed by atoms with Gasteiger partial charge in [-0.05, 0) is 37.5 Å². The molecule has 0 aliphatic carbocycles. The van der Waals surface area contributed by atoms with Crippen molar-refractivity contribution in [1.29, 1.82) is 0 Å². The summed E-state index contributed by atoms with van der Waals surface area (Å²) in [7, 11) is 0. The van der Waals surface area contributed by atoms with Gasteiger partial charge in [0.2, 0.25) is 11.6 Å². The van der Waals surface area contributed by atoms with Gasteiger partial charge in [0.05, 0.1) is 0 Å². The second kappa shape index (κ2) is 7.84. The van der Waals surface area contributed by atoms with Gasteiger partial charge in [0.15, 0.2) is 5.82 Å². The van der Waals surface area contributed by atoms with Gasteiger partial charge in [0, 0.05) is 31.2 Å². The monoisotopic (exact) mass is 380 g/mol. The summed E-state index contributed by atoms with van der Waals surface area (Å²) >= 11 is 0. The van der Waals surface area contributed by atoms with Crippen molar-refractivity contribution < 1.29 is 4.79 Å². The molecule has 1 saturated heterocycles. The molecule has 0 radical (unpaired) electrons. The summed E-state index contributed by atoms with van der Waals surface area (Å²) in [6, 6.07) is 7.53. The third kappa shape index (κ3) is 3.76. The molecule has 1 fully saturated rings. The highest BCUT2D eigenvalue weighted by molar-refractivity contribution is 5.90. The van der Waals surface area contributed by atoms with E-state index in [2.05, 4.69) is 20.3 Å². The summed E-state index contributed by atoms with van der Waals surface area (Å²) in [6.07, 6.45) is 7.84. The highest BCUT2D eigenvalue weighted by Crippen LogP contribution is 2.20. The Morgan fingerprint density at radius 1 is 1.18 bits per heavy atom. The van der Waals surface area contributed by atoms with E-state index in [9.17, 15) is 9.59 Å². The van der Waals surface area contributed by atoms with E-state index < -0.39 is 0 Å². The van der Waals surface area contributed by atoms with E-state index in [1.54, 1.807) is 12.4 Å². The molecule has 3 aromatic rings. The predicted octanol–water partition coefficient (Wildman–Crippen LogP) is 2.22. The van der Waals surface area contributed by atoms with Gasteiger partial charge < -0.3 is 10.2 Å². The first-order chi connectivity index (χ1) is 13.6. The quantitative estimate of drug-likeness (QED) is 0.750. The molecule has 28 heavy (non-hydrogen) atoms. The Bertz CT molecular complexity index is 1050. The summed E-state index contributed by atoms with van der Waals surface area (Å²) in [6.45, 7) is 3.62. The highest BCUT2D eigenvalue weighted by atomic mass is 16.2. The van der Waals surface area contributed by atoms with Gasteiger partial charge in [0.1, 0.15) is 6.54 Å². The molecule has 0 atom stereocenters. The van der Waals surface area contributed by atoms with Gasteiger partial charge in [-0.25, -0.2) is 18.9 Å². The average molecular weight is 380 g/mol. The predicted molar refractivity (Wildman–Crippen MR) is 108 cm³/mol. The van der Waals surface area contributed by atoms with Crippen molar-refractivity contribution >= 4 is 23.1 Å². The van der Waals surface area contributed by atoms with E-state index >= 15 is 0 Å². The molecule has 1 N–H and O–H groups in total. The minimum Gasteiger partial charge on any atom is -0.353 e. The Labute approximate surface area is 162 Å². The van der Waals surface area contributed by atoms with Crippen LogP contribution in [0.15, 0.2) is 41.5 Å². The fourth-order valence-corrected chi connectivity index (χ4v) is 3.60. The highest BCUT2D eigenvalue weighted by Gasteiger charge is 2.19. The molecule has 8 nitrogen and oxygen atoms in total. The summed E-state index contributed by atoms with van der Waals surface area (Å²) < 4.78 is 2.66. The zero-order chi connectivity index (χ0) is 19.5. The van der Waals surface area contributed by atoms with Crippen molar-refractivity contribution in [2.24, 2.45) is 0 Å². The lowest BCUT2D eigenvalue weighted by Gasteiger charge is -2.20. The second-order valence-electron chi connectivity index (χ2n) is 7.20. The maximum Gasteiger partial charge on any atom is 0.350 e. The maximum absolute atomic E-state index is 12.7. The molecule has 1 aliphatic rings. The molecule has 0 saturated carbocycles. The van der Waals surface area contributed by atoms with Crippen molar-refractivity contribution in [2.45, 2.75) is 39.2 Å². The van der Waals surface area contributed by atoms with Gasteiger partial charge in [-0.2, -0.15) is 0 Å². The Kier molecular flexibility index (Phi) is 5.10. The number of aryl methyl sites for hydroxylation is 1. The zero-order valence-electron chi connectivity index (χ0n) is 16.0. The van der Waals surface area contributed by atoms with E-state index in [0.29, 0.717) is 17.2 Å². The van der Waals surface area contributed by atoms with Crippen LogP contribution in [0.2, 0.25) is 0 Å². The molecule has 3 heterocycles. The van der Waals surface area contributed by atoms with Crippen LogP contribution in [0.25, 0.3) is 5.65 Å². The fraction of sp³-hybridized carbons (Fsp3) is 0.400. The van der Waals surface area contributed by atoms with Crippen LogP contribution < -0.4 is 15.9 Å². The molecule has 8 heteroatoms. The summed E-state index contributed by atoms with van der Waals surface area (Å²) in [4.78, 5) is 31.8. The first-order valence-electron chi connectivity index (χ1n) is 9.67. The minimum atomic E-state index is -0.340. The SMILES string of the molecule is Cc1cccc(NC(=O)Cn2nc3c(N4CCCCCC4)nccn3c2=O)c1. The summed E-state index contributed by atoms with van der Waals surface area (Å²) in [5.74, 6) is 0.416. The fourth-order valence-electron chi connectivity index (χ4n) is 3.60. The molecule has 1 amide bonds. The number of nitrogens with zero attached hydrogens (tertiary/aromatic N) is 5. The van der Waals surface area contributed by atoms with E-state index in [1.807, 2.05) is 31.2 Å². The number of benzene rings is 1. The van der Waals surface area contributed by atoms with Crippen LogP contribution >= 0.6 is 0 Å². The number of amides is 1. The first kappa shape index (κ1) is 18.2. The van der Waals surface area contributed by atoms with Crippen LogP contribution in [0.5, 0.6) is 0 Å². The number of rotatable bonds is 4. The third-order valence-corrected chi connectivity index (χ3v) is 4.98. The lowest BCUT2D eigenvalue weighted by Crippen LogP contribution is -2.28. The van der Waals surface area contributed by atoms with Crippen molar-refractivity contribution in [3.05, 3.63) is 52.7 Å². The lowest BCUT2D eigenvalue weighted by molar-refractivity contribution is -0.117. The molecule has 4 rings (SSSR count). The van der Waals surface area contributed by atoms with Crippen molar-refractivity contribution in [3.8, 4) is 0 Å². The van der Waals surface area contributed by atoms with Crippen LogP contribution in [-0.4, -0.2) is 38.2 Å². The molecule has 0 bridgehead atoms. The third-order valence-electron chi connectivity index (χ3n) is 4.98. The van der Waals surface area contributed by atoms with Crippen LogP contribution in [0.4, 0.5) is 11.5 Å². The van der Waals surface area contributed by atoms with E-state index in [4.69, 9.17) is 0 Å². The number of anilines is 2. The van der Waals surface area contributed by atoms with Crippen LogP contribution in [0, 0.1) is 6.92 Å². The van der Waals surface area contributed by atoms with Crippen LogP contribution in [0.3, 0.4) is 0 Å². The average Bonchev–Trinajstić information content (AvgIpc) is 2.86. The maximum atomic E-state index is 12.7. The molecule has 1 aromatic carbocycles. The largest absolute Gasteiger partial charge is 0.353 e. The molecule has 146 valence electrons. The number of carbonyl (C=O) groups excluding carboxylic acids is 1. The number of carbonyl (C=O) groups is 1. The lowest BCUT2D eigenvalue weighted by atomic mass is 10.2. The van der Waals surface area contributed by atoms with E-state index in [0.717, 1.165) is 31.5 Å². The Morgan fingerprint density at radius 3 is 2.71 bits per heavy atom. The second-order valence-corrected chi connectivity index (χ2v) is 7.20. The standard InChI is InChI=1S/C20H24N6O2/c1-15-7-6-8-16(13-15)22-17(27)14-26-20(28)25-12-9-21-18(19(25)23-26)24-10-4-2-3-5-11-24/h6-9,12-13H,2-5,10-11,14H2,1H3,(H,22,27). The number of hydrogen-bond donors (Lipinski definition) is 1. The normalized spacial score (nSPS) is 14.8. The van der Waals surface area contributed by atoms with Gasteiger partial charge in [-0.1, -0.05) is 25.0 Å². The minimum absolute atomic E-state index is 0.145. The van der Waals surface area contributed by atoms with Gasteiger partial charge in [0.25, 0.3) is 0 Å². The first-order valence-corrected chi connectivity index (χ1v) is 9.67. The van der Waals surface area contributed by atoms with Gasteiger partial charge in [-0.15, -0.1) is 5.10 Å². The van der Waals surface area contributed by atoms with Crippen molar-refractivity contribution in [1.82, 2.24) is 19.2 Å². The Morgan fingerprint density at radius 2 is 1.96 bits per heavy atom. The van der Waals surface area contributed by atoms with Crippen molar-refractivity contribution in [3.63, 3.8) is 0 Å². The molecule has 1 aliphatic heterocycles. The number of hydrogen-bond acceptors (Lipinski definition) is 5. The Hall–Kier alpha value is -3.16.